The number of amides is 1. The Morgan fingerprint density at radius 1 is 1.42 bits per heavy atom. The molecule has 1 atom stereocenters. The summed E-state index contributed by atoms with van der Waals surface area (Å²) in [6.45, 7) is 0.990. The molecule has 1 saturated carbocycles. The van der Waals surface area contributed by atoms with Crippen molar-refractivity contribution in [2.24, 2.45) is 0 Å². The van der Waals surface area contributed by atoms with Crippen LogP contribution in [0.2, 0.25) is 0 Å². The molecule has 1 unspecified atom stereocenters. The zero-order valence-corrected chi connectivity index (χ0v) is 11.2. The molecular formula is C14H21N3O2. The SMILES string of the molecule is O=C(NC1CCNC2(CCCCC2)C1)c1ccon1. The zero-order chi connectivity index (χ0) is 13.1. The number of hydrogen-bond donors (Lipinski definition) is 2. The largest absolute Gasteiger partial charge is 0.364 e. The molecular weight excluding hydrogens is 242 g/mol. The number of nitrogens with one attached hydrogen (secondary N) is 2. The molecule has 1 aromatic rings. The summed E-state index contributed by atoms with van der Waals surface area (Å²) < 4.78 is 4.71. The van der Waals surface area contributed by atoms with E-state index in [4.69, 9.17) is 4.52 Å². The summed E-state index contributed by atoms with van der Waals surface area (Å²) in [6.07, 6.45) is 9.89. The van der Waals surface area contributed by atoms with E-state index < -0.39 is 0 Å². The smallest absolute Gasteiger partial charge is 0.273 e. The first-order valence-corrected chi connectivity index (χ1v) is 7.24. The third-order valence-electron chi connectivity index (χ3n) is 4.45. The zero-order valence-electron chi connectivity index (χ0n) is 11.2. The van der Waals surface area contributed by atoms with E-state index in [9.17, 15) is 4.79 Å². The topological polar surface area (TPSA) is 67.2 Å². The molecule has 1 spiro atoms. The first-order valence-electron chi connectivity index (χ1n) is 7.24. The van der Waals surface area contributed by atoms with Crippen molar-refractivity contribution in [1.82, 2.24) is 15.8 Å². The Hall–Kier alpha value is -1.36. The maximum absolute atomic E-state index is 12.0. The van der Waals surface area contributed by atoms with Gasteiger partial charge in [-0.25, -0.2) is 0 Å². The van der Waals surface area contributed by atoms with E-state index in [1.807, 2.05) is 0 Å². The molecule has 2 N–H and O–H groups in total. The number of piperidine rings is 1. The van der Waals surface area contributed by atoms with Crippen LogP contribution in [0.25, 0.3) is 0 Å². The van der Waals surface area contributed by atoms with Crippen LogP contribution in [0.5, 0.6) is 0 Å². The Balaban J connectivity index is 1.60. The molecule has 1 aliphatic carbocycles. The van der Waals surface area contributed by atoms with E-state index >= 15 is 0 Å². The van der Waals surface area contributed by atoms with Gasteiger partial charge in [0, 0.05) is 17.6 Å². The van der Waals surface area contributed by atoms with Crippen molar-refractivity contribution in [3.8, 4) is 0 Å². The molecule has 1 saturated heterocycles. The second-order valence-electron chi connectivity index (χ2n) is 5.82. The Bertz CT molecular complexity index is 418. The highest BCUT2D eigenvalue weighted by Gasteiger charge is 2.37. The standard InChI is InChI=1S/C14H21N3O2/c18-13(12-5-9-19-17-12)16-11-4-8-15-14(10-11)6-2-1-3-7-14/h5,9,11,15H,1-4,6-8,10H2,(H,16,18). The fraction of sp³-hybridized carbons (Fsp3) is 0.714. The van der Waals surface area contributed by atoms with Gasteiger partial charge >= 0.3 is 0 Å². The highest BCUT2D eigenvalue weighted by atomic mass is 16.5. The second-order valence-corrected chi connectivity index (χ2v) is 5.82. The predicted octanol–water partition coefficient (Wildman–Crippen LogP) is 1.86. The van der Waals surface area contributed by atoms with E-state index in [1.165, 1.54) is 38.4 Å². The number of nitrogens with zero attached hydrogens (tertiary/aromatic N) is 1. The van der Waals surface area contributed by atoms with E-state index in [2.05, 4.69) is 15.8 Å². The van der Waals surface area contributed by atoms with Crippen molar-refractivity contribution < 1.29 is 9.32 Å². The van der Waals surface area contributed by atoms with Crippen molar-refractivity contribution in [1.29, 1.82) is 0 Å². The highest BCUT2D eigenvalue weighted by molar-refractivity contribution is 5.92. The number of rotatable bonds is 2. The van der Waals surface area contributed by atoms with Gasteiger partial charge in [0.05, 0.1) is 0 Å². The van der Waals surface area contributed by atoms with E-state index in [0.717, 1.165) is 19.4 Å². The quantitative estimate of drug-likeness (QED) is 0.854. The summed E-state index contributed by atoms with van der Waals surface area (Å²) >= 11 is 0. The average molecular weight is 263 g/mol. The molecule has 2 fully saturated rings. The Labute approximate surface area is 113 Å². The summed E-state index contributed by atoms with van der Waals surface area (Å²) in [5, 5.41) is 10.5. The Morgan fingerprint density at radius 3 is 3.00 bits per heavy atom. The van der Waals surface area contributed by atoms with Crippen molar-refractivity contribution in [2.45, 2.75) is 56.5 Å². The average Bonchev–Trinajstić information content (AvgIpc) is 2.93. The van der Waals surface area contributed by atoms with Crippen molar-refractivity contribution in [3.05, 3.63) is 18.0 Å². The van der Waals surface area contributed by atoms with Gasteiger partial charge in [0.15, 0.2) is 5.69 Å². The number of carbonyl (C=O) groups excluding carboxylic acids is 1. The minimum absolute atomic E-state index is 0.119. The molecule has 104 valence electrons. The normalized spacial score (nSPS) is 26.2. The molecule has 1 amide bonds. The van der Waals surface area contributed by atoms with Crippen LogP contribution < -0.4 is 10.6 Å². The number of hydrogen-bond acceptors (Lipinski definition) is 4. The molecule has 0 aromatic carbocycles. The summed E-state index contributed by atoms with van der Waals surface area (Å²) in [7, 11) is 0. The van der Waals surface area contributed by atoms with Crippen LogP contribution in [0.1, 0.15) is 55.4 Å². The molecule has 5 heteroatoms. The summed E-state index contributed by atoms with van der Waals surface area (Å²) in [5.41, 5.74) is 0.634. The lowest BCUT2D eigenvalue weighted by atomic mass is 9.75. The van der Waals surface area contributed by atoms with Crippen molar-refractivity contribution in [3.63, 3.8) is 0 Å². The van der Waals surface area contributed by atoms with Crippen LogP contribution in [-0.2, 0) is 0 Å². The molecule has 19 heavy (non-hydrogen) atoms. The summed E-state index contributed by atoms with van der Waals surface area (Å²) in [6, 6.07) is 1.86. The molecule has 1 aliphatic heterocycles. The first kappa shape index (κ1) is 12.7. The number of aromatic nitrogens is 1. The van der Waals surface area contributed by atoms with Gasteiger partial charge in [-0.3, -0.25) is 4.79 Å². The molecule has 3 rings (SSSR count). The summed E-state index contributed by atoms with van der Waals surface area (Å²) in [5.74, 6) is -0.119. The fourth-order valence-electron chi connectivity index (χ4n) is 3.48. The molecule has 0 radical (unpaired) electrons. The molecule has 2 aliphatic rings. The van der Waals surface area contributed by atoms with Crippen molar-refractivity contribution >= 4 is 5.91 Å². The molecule has 5 nitrogen and oxygen atoms in total. The van der Waals surface area contributed by atoms with Gasteiger partial charge in [0.2, 0.25) is 0 Å². The van der Waals surface area contributed by atoms with Crippen molar-refractivity contribution in [2.75, 3.05) is 6.54 Å². The maximum Gasteiger partial charge on any atom is 0.273 e. The van der Waals surface area contributed by atoms with Gasteiger partial charge in [0.1, 0.15) is 6.26 Å². The lowest BCUT2D eigenvalue weighted by molar-refractivity contribution is 0.0884. The highest BCUT2D eigenvalue weighted by Crippen LogP contribution is 2.34. The van der Waals surface area contributed by atoms with Gasteiger partial charge in [-0.1, -0.05) is 24.4 Å². The number of carbonyl (C=O) groups is 1. The lowest BCUT2D eigenvalue weighted by Gasteiger charge is -2.44. The van der Waals surface area contributed by atoms with Crippen LogP contribution in [-0.4, -0.2) is 29.2 Å². The van der Waals surface area contributed by atoms with Crippen LogP contribution in [0.3, 0.4) is 0 Å². The molecule has 0 bridgehead atoms. The summed E-state index contributed by atoms with van der Waals surface area (Å²) in [4.78, 5) is 12.0. The van der Waals surface area contributed by atoms with Gasteiger partial charge in [0.25, 0.3) is 5.91 Å². The first-order chi connectivity index (χ1) is 9.27. The van der Waals surface area contributed by atoms with E-state index in [1.54, 1.807) is 6.07 Å². The maximum atomic E-state index is 12.0. The third kappa shape index (κ3) is 2.81. The lowest BCUT2D eigenvalue weighted by Crippen LogP contribution is -2.57. The molecule has 2 heterocycles. The Kier molecular flexibility index (Phi) is 3.55. The van der Waals surface area contributed by atoms with E-state index in [0.29, 0.717) is 5.69 Å². The van der Waals surface area contributed by atoms with Gasteiger partial charge in [-0.05, 0) is 32.2 Å². The minimum atomic E-state index is -0.119. The monoisotopic (exact) mass is 263 g/mol. The fourth-order valence-corrected chi connectivity index (χ4v) is 3.48. The van der Waals surface area contributed by atoms with Crippen LogP contribution in [0.15, 0.2) is 16.9 Å². The van der Waals surface area contributed by atoms with Crippen LogP contribution in [0, 0.1) is 0 Å². The minimum Gasteiger partial charge on any atom is -0.364 e. The Morgan fingerprint density at radius 2 is 2.26 bits per heavy atom. The van der Waals surface area contributed by atoms with Gasteiger partial charge in [-0.15, -0.1) is 0 Å². The van der Waals surface area contributed by atoms with Crippen LogP contribution >= 0.6 is 0 Å². The van der Waals surface area contributed by atoms with Crippen LogP contribution in [0.4, 0.5) is 0 Å². The predicted molar refractivity (Wildman–Crippen MR) is 70.8 cm³/mol. The van der Waals surface area contributed by atoms with E-state index in [-0.39, 0.29) is 17.5 Å². The third-order valence-corrected chi connectivity index (χ3v) is 4.45. The molecule has 1 aromatic heterocycles. The second kappa shape index (κ2) is 5.33. The van der Waals surface area contributed by atoms with Gasteiger partial charge in [-0.2, -0.15) is 0 Å². The van der Waals surface area contributed by atoms with Gasteiger partial charge < -0.3 is 15.2 Å².